The molecule has 0 radical (unpaired) electrons. The van der Waals surface area contributed by atoms with Gasteiger partial charge in [-0.3, -0.25) is 9.78 Å². The maximum Gasteiger partial charge on any atom is 0.259 e. The average molecular weight is 425 g/mol. The molecule has 1 N–H and O–H groups in total. The van der Waals surface area contributed by atoms with E-state index in [0.717, 1.165) is 0 Å². The van der Waals surface area contributed by atoms with Crippen LogP contribution in [0.1, 0.15) is 22.5 Å². The summed E-state index contributed by atoms with van der Waals surface area (Å²) in [5.74, 6) is -1.44. The van der Waals surface area contributed by atoms with Gasteiger partial charge in [-0.15, -0.1) is 0 Å². The van der Waals surface area contributed by atoms with Gasteiger partial charge in [0.2, 0.25) is 0 Å². The number of rotatable bonds is 5. The monoisotopic (exact) mass is 425 g/mol. The fourth-order valence-corrected chi connectivity index (χ4v) is 3.38. The highest BCUT2D eigenvalue weighted by Crippen LogP contribution is 2.29. The van der Waals surface area contributed by atoms with Crippen LogP contribution in [-0.4, -0.2) is 40.6 Å². The standard InChI is InChI=1S/C22H18F3N5O/c23-10-14-7-9-30(21-18(25)6-3-8-26-21)13-16(14)19-11-28-20(12-27-19)29-22(31)15-4-1-2-5-17(15)24/h1-6,8,11-12H,7,9-10,13H2,(H,28,29,31). The molecule has 0 atom stereocenters. The molecule has 6 nitrogen and oxygen atoms in total. The molecule has 3 aromatic rings. The topological polar surface area (TPSA) is 71.0 Å². The molecule has 0 aliphatic carbocycles. The molecule has 1 amide bonds. The van der Waals surface area contributed by atoms with Crippen LogP contribution < -0.4 is 10.2 Å². The molecule has 0 unspecified atom stereocenters. The van der Waals surface area contributed by atoms with Gasteiger partial charge in [0.05, 0.1) is 23.7 Å². The molecule has 0 spiro atoms. The first-order valence-electron chi connectivity index (χ1n) is 9.57. The lowest BCUT2D eigenvalue weighted by Crippen LogP contribution is -2.33. The van der Waals surface area contributed by atoms with E-state index in [-0.39, 0.29) is 23.7 Å². The van der Waals surface area contributed by atoms with Gasteiger partial charge in [-0.05, 0) is 36.3 Å². The number of hydrogen-bond donors (Lipinski definition) is 1. The van der Waals surface area contributed by atoms with E-state index in [9.17, 15) is 18.0 Å². The van der Waals surface area contributed by atoms with Crippen molar-refractivity contribution in [2.24, 2.45) is 0 Å². The molecule has 4 rings (SSSR count). The van der Waals surface area contributed by atoms with E-state index in [1.54, 1.807) is 11.0 Å². The Kier molecular flexibility index (Phi) is 5.92. The molecule has 1 aromatic carbocycles. The van der Waals surface area contributed by atoms with Crippen LogP contribution in [0.5, 0.6) is 0 Å². The average Bonchev–Trinajstić information content (AvgIpc) is 2.80. The molecule has 158 valence electrons. The Morgan fingerprint density at radius 3 is 2.55 bits per heavy atom. The van der Waals surface area contributed by atoms with Gasteiger partial charge in [-0.25, -0.2) is 23.1 Å². The van der Waals surface area contributed by atoms with Crippen LogP contribution >= 0.6 is 0 Å². The lowest BCUT2D eigenvalue weighted by Gasteiger charge is -2.31. The number of pyridine rings is 1. The molecule has 9 heteroatoms. The van der Waals surface area contributed by atoms with Gasteiger partial charge in [-0.1, -0.05) is 12.1 Å². The number of hydrogen-bond acceptors (Lipinski definition) is 5. The third-order valence-electron chi connectivity index (χ3n) is 4.98. The van der Waals surface area contributed by atoms with Crippen LogP contribution in [0.3, 0.4) is 0 Å². The Bertz CT molecular complexity index is 1130. The summed E-state index contributed by atoms with van der Waals surface area (Å²) in [6.07, 6.45) is 4.62. The second-order valence-electron chi connectivity index (χ2n) is 6.92. The maximum atomic E-state index is 14.1. The van der Waals surface area contributed by atoms with Crippen LogP contribution in [0, 0.1) is 11.6 Å². The molecular formula is C22H18F3N5O. The second kappa shape index (κ2) is 8.95. The van der Waals surface area contributed by atoms with Crippen LogP contribution in [0.25, 0.3) is 5.57 Å². The van der Waals surface area contributed by atoms with Gasteiger partial charge in [0.15, 0.2) is 17.5 Å². The molecule has 0 saturated heterocycles. The normalized spacial score (nSPS) is 14.0. The van der Waals surface area contributed by atoms with Gasteiger partial charge in [0.25, 0.3) is 5.91 Å². The van der Waals surface area contributed by atoms with Crippen LogP contribution in [-0.2, 0) is 0 Å². The summed E-state index contributed by atoms with van der Waals surface area (Å²) in [6, 6.07) is 8.42. The molecule has 3 heterocycles. The van der Waals surface area contributed by atoms with Gasteiger partial charge in [0, 0.05) is 24.9 Å². The predicted molar refractivity (Wildman–Crippen MR) is 110 cm³/mol. The number of aromatic nitrogens is 3. The number of halogens is 3. The minimum Gasteiger partial charge on any atom is -0.349 e. The summed E-state index contributed by atoms with van der Waals surface area (Å²) in [7, 11) is 0. The fraction of sp³-hybridized carbons (Fsp3) is 0.182. The van der Waals surface area contributed by atoms with Crippen molar-refractivity contribution in [2.45, 2.75) is 6.42 Å². The molecule has 1 aliphatic heterocycles. The van der Waals surface area contributed by atoms with Crippen LogP contribution in [0.4, 0.5) is 24.8 Å². The number of alkyl halides is 1. The van der Waals surface area contributed by atoms with E-state index in [2.05, 4.69) is 20.3 Å². The number of amides is 1. The van der Waals surface area contributed by atoms with E-state index < -0.39 is 24.2 Å². The molecule has 0 saturated carbocycles. The van der Waals surface area contributed by atoms with E-state index in [0.29, 0.717) is 29.8 Å². The molecule has 2 aromatic heterocycles. The zero-order valence-electron chi connectivity index (χ0n) is 16.4. The smallest absolute Gasteiger partial charge is 0.259 e. The van der Waals surface area contributed by atoms with Crippen molar-refractivity contribution in [1.29, 1.82) is 0 Å². The third kappa shape index (κ3) is 4.40. The highest BCUT2D eigenvalue weighted by atomic mass is 19.1. The first-order valence-corrected chi connectivity index (χ1v) is 9.57. The quantitative estimate of drug-likeness (QED) is 0.668. The number of anilines is 2. The number of carbonyl (C=O) groups excluding carboxylic acids is 1. The predicted octanol–water partition coefficient (Wildman–Crippen LogP) is 4.04. The van der Waals surface area contributed by atoms with E-state index >= 15 is 0 Å². The number of carbonyl (C=O) groups is 1. The van der Waals surface area contributed by atoms with Gasteiger partial charge < -0.3 is 10.2 Å². The maximum absolute atomic E-state index is 14.1. The molecule has 1 aliphatic rings. The van der Waals surface area contributed by atoms with Crippen molar-refractivity contribution in [2.75, 3.05) is 30.0 Å². The fourth-order valence-electron chi connectivity index (χ4n) is 3.38. The summed E-state index contributed by atoms with van der Waals surface area (Å²) in [5.41, 5.74) is 1.46. The first kappa shape index (κ1) is 20.5. The van der Waals surface area contributed by atoms with Crippen molar-refractivity contribution in [3.63, 3.8) is 0 Å². The number of benzene rings is 1. The Balaban J connectivity index is 1.54. The van der Waals surface area contributed by atoms with Crippen molar-refractivity contribution in [1.82, 2.24) is 15.0 Å². The van der Waals surface area contributed by atoms with Gasteiger partial charge >= 0.3 is 0 Å². The lowest BCUT2D eigenvalue weighted by atomic mass is 9.98. The minimum absolute atomic E-state index is 0.115. The summed E-state index contributed by atoms with van der Waals surface area (Å²) in [4.78, 5) is 26.5. The Morgan fingerprint density at radius 1 is 1.03 bits per heavy atom. The number of nitrogens with zero attached hydrogens (tertiary/aromatic N) is 4. The van der Waals surface area contributed by atoms with Crippen molar-refractivity contribution in [3.8, 4) is 0 Å². The van der Waals surface area contributed by atoms with E-state index in [4.69, 9.17) is 0 Å². The zero-order chi connectivity index (χ0) is 21.8. The van der Waals surface area contributed by atoms with Gasteiger partial charge in [0.1, 0.15) is 12.5 Å². The highest BCUT2D eigenvalue weighted by molar-refractivity contribution is 6.03. The SMILES string of the molecule is O=C(Nc1cnc(C2=C(CF)CCN(c3ncccc3F)C2)cn1)c1ccccc1F. The zero-order valence-corrected chi connectivity index (χ0v) is 16.4. The Labute approximate surface area is 176 Å². The molecular weight excluding hydrogens is 407 g/mol. The van der Waals surface area contributed by atoms with Crippen molar-refractivity contribution < 1.29 is 18.0 Å². The lowest BCUT2D eigenvalue weighted by molar-refractivity contribution is 0.102. The second-order valence-corrected chi connectivity index (χ2v) is 6.92. The van der Waals surface area contributed by atoms with Crippen molar-refractivity contribution >= 4 is 23.1 Å². The van der Waals surface area contributed by atoms with E-state index in [1.807, 2.05) is 0 Å². The summed E-state index contributed by atoms with van der Waals surface area (Å²) in [6.45, 7) is 0.00498. The van der Waals surface area contributed by atoms with Crippen LogP contribution in [0.2, 0.25) is 0 Å². The largest absolute Gasteiger partial charge is 0.349 e. The third-order valence-corrected chi connectivity index (χ3v) is 4.98. The Hall–Kier alpha value is -3.75. The molecule has 0 fully saturated rings. The summed E-state index contributed by atoms with van der Waals surface area (Å²) < 4.78 is 41.5. The number of nitrogens with one attached hydrogen (secondary N) is 1. The minimum atomic E-state index is -0.654. The van der Waals surface area contributed by atoms with Gasteiger partial charge in [-0.2, -0.15) is 0 Å². The Morgan fingerprint density at radius 2 is 1.84 bits per heavy atom. The molecule has 31 heavy (non-hydrogen) atoms. The molecule has 0 bridgehead atoms. The van der Waals surface area contributed by atoms with Crippen LogP contribution in [0.15, 0.2) is 60.6 Å². The highest BCUT2D eigenvalue weighted by Gasteiger charge is 2.24. The van der Waals surface area contributed by atoms with E-state index in [1.165, 1.54) is 48.9 Å². The summed E-state index contributed by atoms with van der Waals surface area (Å²) in [5, 5.41) is 2.48. The first-order chi connectivity index (χ1) is 15.1. The van der Waals surface area contributed by atoms with Crippen molar-refractivity contribution in [3.05, 3.63) is 83.5 Å². The summed E-state index contributed by atoms with van der Waals surface area (Å²) >= 11 is 0.